The second-order valence-corrected chi connectivity index (χ2v) is 11.8. The van der Waals surface area contributed by atoms with Crippen molar-refractivity contribution < 1.29 is 25.2 Å². The highest BCUT2D eigenvalue weighted by atomic mass is 16.3. The van der Waals surface area contributed by atoms with Gasteiger partial charge >= 0.3 is 0 Å². The van der Waals surface area contributed by atoms with Crippen LogP contribution in [0.4, 0.5) is 0 Å². The van der Waals surface area contributed by atoms with E-state index >= 15 is 0 Å². The third-order valence-corrected chi connectivity index (χ3v) is 7.78. The van der Waals surface area contributed by atoms with E-state index in [-0.39, 0.29) is 0 Å². The van der Waals surface area contributed by atoms with Crippen LogP contribution >= 0.6 is 0 Å². The molecule has 0 aromatic heterocycles. The van der Waals surface area contributed by atoms with Crippen LogP contribution in [0.15, 0.2) is 48.6 Å². The van der Waals surface area contributed by atoms with Crippen LogP contribution in [-0.4, -0.2) is 57.3 Å². The Morgan fingerprint density at radius 1 is 0.605 bits per heavy atom. The monoisotopic (exact) mass is 606 g/mol. The highest BCUT2D eigenvalue weighted by molar-refractivity contribution is 5.80. The number of aliphatic hydroxyl groups excluding tert-OH is 4. The second kappa shape index (κ2) is 31.7. The van der Waals surface area contributed by atoms with Crippen LogP contribution in [0.25, 0.3) is 0 Å². The average Bonchev–Trinajstić information content (AvgIpc) is 3.01. The lowest BCUT2D eigenvalue weighted by atomic mass is 10.00. The molecule has 0 aliphatic rings. The molecule has 4 atom stereocenters. The molecule has 6 heteroatoms. The molecular formula is C37H67NO5. The summed E-state index contributed by atoms with van der Waals surface area (Å²) in [6, 6.07) is -1.01. The molecule has 1 amide bonds. The molecule has 6 nitrogen and oxygen atoms in total. The zero-order chi connectivity index (χ0) is 31.8. The number of nitrogens with one attached hydrogen (secondary N) is 1. The number of rotatable bonds is 30. The van der Waals surface area contributed by atoms with Gasteiger partial charge in [0.25, 0.3) is 0 Å². The first-order valence-electron chi connectivity index (χ1n) is 17.5. The maximum Gasteiger partial charge on any atom is 0.249 e. The topological polar surface area (TPSA) is 110 Å². The second-order valence-electron chi connectivity index (χ2n) is 11.8. The number of hydrogen-bond acceptors (Lipinski definition) is 5. The van der Waals surface area contributed by atoms with Gasteiger partial charge in [-0.3, -0.25) is 4.79 Å². The van der Waals surface area contributed by atoms with E-state index in [1.807, 2.05) is 0 Å². The van der Waals surface area contributed by atoms with E-state index in [2.05, 4.69) is 67.8 Å². The fourth-order valence-corrected chi connectivity index (χ4v) is 4.94. The van der Waals surface area contributed by atoms with Crippen molar-refractivity contribution in [3.05, 3.63) is 48.6 Å². The summed E-state index contributed by atoms with van der Waals surface area (Å²) < 4.78 is 0. The zero-order valence-electron chi connectivity index (χ0n) is 27.7. The highest BCUT2D eigenvalue weighted by Crippen LogP contribution is 2.14. The van der Waals surface area contributed by atoms with Gasteiger partial charge < -0.3 is 25.7 Å². The van der Waals surface area contributed by atoms with Crippen LogP contribution in [0.2, 0.25) is 0 Å². The predicted octanol–water partition coefficient (Wildman–Crippen LogP) is 8.00. The summed E-state index contributed by atoms with van der Waals surface area (Å²) in [6.07, 6.45) is 35.7. The highest BCUT2D eigenvalue weighted by Gasteiger charge is 2.28. The first-order valence-corrected chi connectivity index (χ1v) is 17.5. The molecule has 0 fully saturated rings. The van der Waals surface area contributed by atoms with Crippen molar-refractivity contribution >= 4 is 5.91 Å². The van der Waals surface area contributed by atoms with E-state index in [1.165, 1.54) is 64.2 Å². The normalized spacial score (nSPS) is 15.2. The molecule has 0 saturated heterocycles. The maximum absolute atomic E-state index is 12.4. The van der Waals surface area contributed by atoms with Gasteiger partial charge in [-0.25, -0.2) is 0 Å². The Kier molecular flexibility index (Phi) is 30.4. The van der Waals surface area contributed by atoms with Gasteiger partial charge in [-0.15, -0.1) is 0 Å². The van der Waals surface area contributed by atoms with E-state index in [9.17, 15) is 25.2 Å². The van der Waals surface area contributed by atoms with Gasteiger partial charge in [0.1, 0.15) is 12.2 Å². The molecule has 0 aromatic rings. The smallest absolute Gasteiger partial charge is 0.249 e. The summed E-state index contributed by atoms with van der Waals surface area (Å²) in [5, 5.41) is 43.2. The van der Waals surface area contributed by atoms with Crippen molar-refractivity contribution in [1.82, 2.24) is 5.32 Å². The minimum atomic E-state index is -1.29. The number of carbonyl (C=O) groups excluding carboxylic acids is 1. The lowest BCUT2D eigenvalue weighted by Crippen LogP contribution is -2.53. The summed E-state index contributed by atoms with van der Waals surface area (Å²) in [4.78, 5) is 12.4. The summed E-state index contributed by atoms with van der Waals surface area (Å²) >= 11 is 0. The van der Waals surface area contributed by atoms with Crippen LogP contribution in [0.3, 0.4) is 0 Å². The molecular weight excluding hydrogens is 538 g/mol. The fourth-order valence-electron chi connectivity index (χ4n) is 4.94. The molecule has 0 aliphatic carbocycles. The SMILES string of the molecule is CC/C=C/CC/C=C/CCCC(O)C(O)C(CO)NC(=O)C(O)CCCCCCCCCCC/C=C\C=C/CCCCC. The molecule has 0 radical (unpaired) electrons. The van der Waals surface area contributed by atoms with Crippen molar-refractivity contribution in [2.24, 2.45) is 0 Å². The zero-order valence-corrected chi connectivity index (χ0v) is 27.7. The van der Waals surface area contributed by atoms with Gasteiger partial charge in [-0.05, 0) is 70.6 Å². The standard InChI is InChI=1S/C37H67NO5/c1-3-5-7-9-11-13-14-15-16-17-18-19-20-21-23-25-27-29-31-35(41)37(43)38-33(32-39)36(42)34(40)30-28-26-24-22-12-10-8-6-4-2/h6,8,11,13-15,22,24,33-36,39-42H,3-5,7,9-10,12,16-21,23,25-32H2,1-2H3,(H,38,43)/b8-6+,13-11-,15-14-,24-22+. The van der Waals surface area contributed by atoms with E-state index in [0.717, 1.165) is 51.4 Å². The Labute approximate surface area is 264 Å². The summed E-state index contributed by atoms with van der Waals surface area (Å²) in [7, 11) is 0. The minimum Gasteiger partial charge on any atom is -0.394 e. The lowest BCUT2D eigenvalue weighted by molar-refractivity contribution is -0.132. The third-order valence-electron chi connectivity index (χ3n) is 7.78. The van der Waals surface area contributed by atoms with E-state index in [4.69, 9.17) is 0 Å². The van der Waals surface area contributed by atoms with Crippen LogP contribution in [0.5, 0.6) is 0 Å². The Bertz CT molecular complexity index is 733. The molecule has 250 valence electrons. The van der Waals surface area contributed by atoms with Crippen LogP contribution in [0, 0.1) is 0 Å². The van der Waals surface area contributed by atoms with Crippen LogP contribution in [-0.2, 0) is 4.79 Å². The van der Waals surface area contributed by atoms with Gasteiger partial charge in [0.05, 0.1) is 18.8 Å². The Morgan fingerprint density at radius 3 is 1.70 bits per heavy atom. The van der Waals surface area contributed by atoms with Gasteiger partial charge in [-0.2, -0.15) is 0 Å². The maximum atomic E-state index is 12.4. The first kappa shape index (κ1) is 41.3. The summed E-state index contributed by atoms with van der Waals surface area (Å²) in [6.45, 7) is 3.84. The first-order chi connectivity index (χ1) is 21.0. The largest absolute Gasteiger partial charge is 0.394 e. The number of unbranched alkanes of at least 4 members (excludes halogenated alkanes) is 14. The number of amides is 1. The quantitative estimate of drug-likeness (QED) is 0.0324. The van der Waals surface area contributed by atoms with Crippen molar-refractivity contribution in [2.75, 3.05) is 6.61 Å². The fraction of sp³-hybridized carbons (Fsp3) is 0.757. The Balaban J connectivity index is 3.86. The third kappa shape index (κ3) is 26.4. The minimum absolute atomic E-state index is 0.352. The molecule has 0 spiro atoms. The molecule has 4 unspecified atom stereocenters. The van der Waals surface area contributed by atoms with Gasteiger partial charge in [-0.1, -0.05) is 127 Å². The lowest BCUT2D eigenvalue weighted by Gasteiger charge is -2.27. The van der Waals surface area contributed by atoms with Gasteiger partial charge in [0.2, 0.25) is 5.91 Å². The summed E-state index contributed by atoms with van der Waals surface area (Å²) in [5.41, 5.74) is 0. The van der Waals surface area contributed by atoms with Gasteiger partial charge in [0, 0.05) is 0 Å². The van der Waals surface area contributed by atoms with Crippen LogP contribution < -0.4 is 5.32 Å². The molecule has 0 saturated carbocycles. The Hall–Kier alpha value is -1.73. The van der Waals surface area contributed by atoms with Crippen molar-refractivity contribution in [2.45, 2.75) is 173 Å². The molecule has 0 rings (SSSR count). The number of carbonyl (C=O) groups is 1. The van der Waals surface area contributed by atoms with Crippen molar-refractivity contribution in [3.63, 3.8) is 0 Å². The summed E-state index contributed by atoms with van der Waals surface area (Å²) in [5.74, 6) is -0.608. The molecule has 0 heterocycles. The van der Waals surface area contributed by atoms with E-state index < -0.39 is 36.9 Å². The molecule has 0 aromatic carbocycles. The van der Waals surface area contributed by atoms with Crippen LogP contribution in [0.1, 0.15) is 149 Å². The van der Waals surface area contributed by atoms with Crippen molar-refractivity contribution in [3.8, 4) is 0 Å². The molecule has 43 heavy (non-hydrogen) atoms. The Morgan fingerprint density at radius 2 is 1.12 bits per heavy atom. The molecule has 0 aliphatic heterocycles. The van der Waals surface area contributed by atoms with E-state index in [0.29, 0.717) is 19.3 Å². The molecule has 5 N–H and O–H groups in total. The number of allylic oxidation sites excluding steroid dienone is 8. The van der Waals surface area contributed by atoms with Crippen molar-refractivity contribution in [1.29, 1.82) is 0 Å². The number of aliphatic hydroxyl groups is 4. The van der Waals surface area contributed by atoms with E-state index in [1.54, 1.807) is 0 Å². The molecule has 0 bridgehead atoms. The number of hydrogen-bond donors (Lipinski definition) is 5. The van der Waals surface area contributed by atoms with Gasteiger partial charge in [0.15, 0.2) is 0 Å². The predicted molar refractivity (Wildman–Crippen MR) is 182 cm³/mol. The average molecular weight is 606 g/mol.